The quantitative estimate of drug-likeness (QED) is 0.801. The summed E-state index contributed by atoms with van der Waals surface area (Å²) in [5.74, 6) is 0.447. The molecule has 0 aliphatic carbocycles. The molecule has 0 saturated carbocycles. The summed E-state index contributed by atoms with van der Waals surface area (Å²) < 4.78 is 5.31. The average molecular weight is 321 g/mol. The van der Waals surface area contributed by atoms with E-state index in [1.54, 1.807) is 0 Å². The molecule has 130 valence electrons. The van der Waals surface area contributed by atoms with E-state index in [1.807, 2.05) is 51.1 Å². The predicted molar refractivity (Wildman–Crippen MR) is 93.5 cm³/mol. The number of benzene rings is 1. The number of aliphatic hydroxyl groups is 1. The summed E-state index contributed by atoms with van der Waals surface area (Å²) in [5.41, 5.74) is 0.0158. The lowest BCUT2D eigenvalue weighted by Gasteiger charge is -2.35. The Morgan fingerprint density at radius 2 is 1.87 bits per heavy atom. The summed E-state index contributed by atoms with van der Waals surface area (Å²) in [6.07, 6.45) is 1.39. The monoisotopic (exact) mass is 321 g/mol. The molecule has 0 saturated heterocycles. The minimum absolute atomic E-state index is 0.0167. The van der Waals surface area contributed by atoms with Crippen molar-refractivity contribution < 1.29 is 14.6 Å². The van der Waals surface area contributed by atoms with Gasteiger partial charge in [-0.25, -0.2) is 4.79 Å². The van der Waals surface area contributed by atoms with E-state index in [0.717, 1.165) is 18.4 Å². The summed E-state index contributed by atoms with van der Waals surface area (Å²) >= 11 is 0. The van der Waals surface area contributed by atoms with Crippen molar-refractivity contribution in [3.05, 3.63) is 35.9 Å². The van der Waals surface area contributed by atoms with Gasteiger partial charge in [0.15, 0.2) is 0 Å². The molecule has 0 aliphatic rings. The van der Waals surface area contributed by atoms with Crippen LogP contribution in [0.5, 0.6) is 0 Å². The Morgan fingerprint density at radius 1 is 1.26 bits per heavy atom. The highest BCUT2D eigenvalue weighted by Crippen LogP contribution is 2.32. The maximum atomic E-state index is 12.0. The number of hydrogen-bond donors (Lipinski definition) is 2. The molecule has 1 aromatic rings. The molecule has 1 rings (SSSR count). The van der Waals surface area contributed by atoms with Crippen molar-refractivity contribution in [2.45, 2.75) is 58.5 Å². The molecule has 2 unspecified atom stereocenters. The Kier molecular flexibility index (Phi) is 7.07. The largest absolute Gasteiger partial charge is 0.444 e. The molecule has 0 spiro atoms. The highest BCUT2D eigenvalue weighted by molar-refractivity contribution is 5.67. The maximum Gasteiger partial charge on any atom is 0.407 e. The van der Waals surface area contributed by atoms with Crippen molar-refractivity contribution >= 4 is 6.09 Å². The fourth-order valence-corrected chi connectivity index (χ4v) is 2.66. The van der Waals surface area contributed by atoms with E-state index >= 15 is 0 Å². The average Bonchev–Trinajstić information content (AvgIpc) is 2.50. The maximum absolute atomic E-state index is 12.0. The molecule has 2 atom stereocenters. The first-order valence-electron chi connectivity index (χ1n) is 8.35. The molecule has 4 nitrogen and oxygen atoms in total. The molecule has 0 aromatic heterocycles. The summed E-state index contributed by atoms with van der Waals surface area (Å²) in [7, 11) is 0. The number of aliphatic hydroxyl groups excluding tert-OH is 1. The van der Waals surface area contributed by atoms with Crippen LogP contribution in [0.15, 0.2) is 30.3 Å². The fourth-order valence-electron chi connectivity index (χ4n) is 2.66. The van der Waals surface area contributed by atoms with Crippen LogP contribution >= 0.6 is 0 Å². The van der Waals surface area contributed by atoms with Crippen LogP contribution in [0.25, 0.3) is 0 Å². The zero-order valence-electron chi connectivity index (χ0n) is 15.1. The van der Waals surface area contributed by atoms with Crippen LogP contribution in [-0.2, 0) is 10.2 Å². The van der Waals surface area contributed by atoms with Gasteiger partial charge in [0.25, 0.3) is 0 Å². The summed E-state index contributed by atoms with van der Waals surface area (Å²) in [6, 6.07) is 9.90. The van der Waals surface area contributed by atoms with Gasteiger partial charge in [-0.05, 0) is 38.7 Å². The molecule has 2 N–H and O–H groups in total. The van der Waals surface area contributed by atoms with Crippen molar-refractivity contribution in [2.24, 2.45) is 5.92 Å². The second-order valence-corrected chi connectivity index (χ2v) is 7.38. The number of amides is 1. The van der Waals surface area contributed by atoms with Gasteiger partial charge in [0, 0.05) is 12.0 Å². The van der Waals surface area contributed by atoms with Crippen LogP contribution in [0.4, 0.5) is 4.79 Å². The number of ether oxygens (including phenoxy) is 1. The van der Waals surface area contributed by atoms with E-state index in [-0.39, 0.29) is 6.61 Å². The molecule has 4 heteroatoms. The van der Waals surface area contributed by atoms with Gasteiger partial charge in [0.05, 0.1) is 6.61 Å². The third-order valence-electron chi connectivity index (χ3n) is 4.09. The topological polar surface area (TPSA) is 58.6 Å². The Balaban J connectivity index is 2.93. The van der Waals surface area contributed by atoms with Crippen LogP contribution < -0.4 is 5.32 Å². The smallest absolute Gasteiger partial charge is 0.407 e. The van der Waals surface area contributed by atoms with E-state index < -0.39 is 17.1 Å². The fraction of sp³-hybridized carbons (Fsp3) is 0.632. The van der Waals surface area contributed by atoms with Gasteiger partial charge in [-0.2, -0.15) is 0 Å². The van der Waals surface area contributed by atoms with Crippen LogP contribution in [0, 0.1) is 5.92 Å². The number of carbonyl (C=O) groups excluding carboxylic acids is 1. The van der Waals surface area contributed by atoms with Crippen LogP contribution in [0.1, 0.15) is 53.0 Å². The number of hydrogen-bond acceptors (Lipinski definition) is 3. The lowest BCUT2D eigenvalue weighted by Crippen LogP contribution is -2.46. The lowest BCUT2D eigenvalue weighted by molar-refractivity contribution is 0.0495. The molecule has 0 fully saturated rings. The zero-order chi connectivity index (χ0) is 17.5. The van der Waals surface area contributed by atoms with Gasteiger partial charge in [-0.1, -0.05) is 50.6 Å². The first-order valence-corrected chi connectivity index (χ1v) is 8.35. The minimum Gasteiger partial charge on any atom is -0.444 e. The van der Waals surface area contributed by atoms with Crippen LogP contribution in [0.2, 0.25) is 0 Å². The summed E-state index contributed by atoms with van der Waals surface area (Å²) in [6.45, 7) is 10.1. The molecule has 0 aliphatic heterocycles. The number of nitrogens with one attached hydrogen (secondary N) is 1. The van der Waals surface area contributed by atoms with Crippen LogP contribution in [0.3, 0.4) is 0 Å². The van der Waals surface area contributed by atoms with Gasteiger partial charge < -0.3 is 15.2 Å². The van der Waals surface area contributed by atoms with Gasteiger partial charge in [-0.3, -0.25) is 0 Å². The number of carbonyl (C=O) groups is 1. The highest BCUT2D eigenvalue weighted by atomic mass is 16.6. The first kappa shape index (κ1) is 19.5. The SMILES string of the molecule is CCC(C)CC(CO)(CNC(=O)OC(C)(C)C)c1ccccc1. The van der Waals surface area contributed by atoms with Crippen molar-refractivity contribution in [3.8, 4) is 0 Å². The van der Waals surface area contributed by atoms with Gasteiger partial charge in [0.2, 0.25) is 0 Å². The summed E-state index contributed by atoms with van der Waals surface area (Å²) in [5, 5.41) is 13.0. The highest BCUT2D eigenvalue weighted by Gasteiger charge is 2.34. The molecular weight excluding hydrogens is 290 g/mol. The van der Waals surface area contributed by atoms with E-state index in [4.69, 9.17) is 4.74 Å². The first-order chi connectivity index (χ1) is 10.7. The van der Waals surface area contributed by atoms with Crippen molar-refractivity contribution in [2.75, 3.05) is 13.2 Å². The normalized spacial score (nSPS) is 15.6. The summed E-state index contributed by atoms with van der Waals surface area (Å²) in [4.78, 5) is 12.0. The Hall–Kier alpha value is -1.55. The molecular formula is C19H31NO3. The zero-order valence-corrected chi connectivity index (χ0v) is 15.1. The molecule has 1 amide bonds. The van der Waals surface area contributed by atoms with Gasteiger partial charge in [0.1, 0.15) is 5.60 Å². The van der Waals surface area contributed by atoms with E-state index in [0.29, 0.717) is 12.5 Å². The Labute approximate surface area is 140 Å². The predicted octanol–water partition coefficient (Wildman–Crippen LogP) is 3.88. The number of alkyl carbamates (subject to hydrolysis) is 1. The second-order valence-electron chi connectivity index (χ2n) is 7.38. The van der Waals surface area contributed by atoms with Crippen molar-refractivity contribution in [3.63, 3.8) is 0 Å². The third-order valence-corrected chi connectivity index (χ3v) is 4.09. The van der Waals surface area contributed by atoms with E-state index in [1.165, 1.54) is 0 Å². The van der Waals surface area contributed by atoms with Crippen molar-refractivity contribution in [1.29, 1.82) is 0 Å². The Bertz CT molecular complexity index is 481. The van der Waals surface area contributed by atoms with Crippen molar-refractivity contribution in [1.82, 2.24) is 5.32 Å². The lowest BCUT2D eigenvalue weighted by atomic mass is 9.74. The molecule has 0 bridgehead atoms. The molecule has 1 aromatic carbocycles. The van der Waals surface area contributed by atoms with Gasteiger partial charge in [-0.15, -0.1) is 0 Å². The third kappa shape index (κ3) is 6.22. The molecule has 23 heavy (non-hydrogen) atoms. The minimum atomic E-state index is -0.532. The standard InChI is InChI=1S/C19H31NO3/c1-6-15(2)12-19(14-21,16-10-8-7-9-11-16)13-20-17(22)23-18(3,4)5/h7-11,15,21H,6,12-14H2,1-5H3,(H,20,22). The second kappa shape index (κ2) is 8.34. The molecule has 0 radical (unpaired) electrons. The van der Waals surface area contributed by atoms with Crippen LogP contribution in [-0.4, -0.2) is 30.0 Å². The van der Waals surface area contributed by atoms with E-state index in [2.05, 4.69) is 19.2 Å². The number of rotatable bonds is 7. The van der Waals surface area contributed by atoms with Gasteiger partial charge >= 0.3 is 6.09 Å². The van der Waals surface area contributed by atoms with E-state index in [9.17, 15) is 9.90 Å². The Morgan fingerprint density at radius 3 is 2.35 bits per heavy atom. The molecule has 0 heterocycles.